The first kappa shape index (κ1) is 25.6. The van der Waals surface area contributed by atoms with Crippen LogP contribution < -0.4 is 25.2 Å². The first-order chi connectivity index (χ1) is 18.6. The SMILES string of the molecule is CCC(C(=O)Nc1ccc(N2CCN(c3ccccc3OC)CC2)c(C(=O)NC2CC2)c1)c1ccccc1. The Bertz CT molecular complexity index is 1270. The van der Waals surface area contributed by atoms with Crippen LogP contribution in [0.5, 0.6) is 5.75 Å². The minimum atomic E-state index is -0.248. The highest BCUT2D eigenvalue weighted by molar-refractivity contribution is 6.03. The Hall–Kier alpha value is -4.00. The predicted octanol–water partition coefficient (Wildman–Crippen LogP) is 5.05. The van der Waals surface area contributed by atoms with Crippen LogP contribution in [-0.2, 0) is 4.79 Å². The normalized spacial score (nSPS) is 16.1. The molecule has 198 valence electrons. The second-order valence-corrected chi connectivity index (χ2v) is 9.99. The van der Waals surface area contributed by atoms with Gasteiger partial charge in [0.1, 0.15) is 5.75 Å². The van der Waals surface area contributed by atoms with Gasteiger partial charge in [-0.15, -0.1) is 0 Å². The second kappa shape index (κ2) is 11.6. The average molecular weight is 513 g/mol. The Labute approximate surface area is 224 Å². The van der Waals surface area contributed by atoms with E-state index in [0.717, 1.165) is 61.7 Å². The zero-order valence-corrected chi connectivity index (χ0v) is 22.2. The van der Waals surface area contributed by atoms with Gasteiger partial charge in [-0.05, 0) is 55.2 Å². The lowest BCUT2D eigenvalue weighted by Gasteiger charge is -2.38. The van der Waals surface area contributed by atoms with Crippen LogP contribution in [0.2, 0.25) is 0 Å². The quantitative estimate of drug-likeness (QED) is 0.420. The number of ether oxygens (including phenoxy) is 1. The van der Waals surface area contributed by atoms with Crippen LogP contribution in [0.25, 0.3) is 0 Å². The molecule has 3 aromatic rings. The van der Waals surface area contributed by atoms with Gasteiger partial charge in [-0.3, -0.25) is 9.59 Å². The lowest BCUT2D eigenvalue weighted by molar-refractivity contribution is -0.117. The van der Waals surface area contributed by atoms with Crippen LogP contribution >= 0.6 is 0 Å². The fraction of sp³-hybridized carbons (Fsp3) is 0.355. The predicted molar refractivity (Wildman–Crippen MR) is 152 cm³/mol. The second-order valence-electron chi connectivity index (χ2n) is 9.99. The number of amides is 2. The summed E-state index contributed by atoms with van der Waals surface area (Å²) in [4.78, 5) is 31.1. The first-order valence-corrected chi connectivity index (χ1v) is 13.5. The summed E-state index contributed by atoms with van der Waals surface area (Å²) in [5.74, 6) is 0.473. The Balaban J connectivity index is 1.34. The Morgan fingerprint density at radius 2 is 1.55 bits per heavy atom. The topological polar surface area (TPSA) is 73.9 Å². The summed E-state index contributed by atoms with van der Waals surface area (Å²) in [6.07, 6.45) is 2.73. The molecule has 1 unspecified atom stereocenters. The van der Waals surface area contributed by atoms with Crippen LogP contribution in [-0.4, -0.2) is 51.1 Å². The molecule has 7 nitrogen and oxygen atoms in total. The van der Waals surface area contributed by atoms with E-state index in [4.69, 9.17) is 4.74 Å². The van der Waals surface area contributed by atoms with Gasteiger partial charge in [0.25, 0.3) is 5.91 Å². The summed E-state index contributed by atoms with van der Waals surface area (Å²) >= 11 is 0. The van der Waals surface area contributed by atoms with Crippen molar-refractivity contribution in [3.63, 3.8) is 0 Å². The van der Waals surface area contributed by atoms with Crippen molar-refractivity contribution >= 4 is 28.9 Å². The zero-order valence-electron chi connectivity index (χ0n) is 22.2. The molecule has 38 heavy (non-hydrogen) atoms. The fourth-order valence-corrected chi connectivity index (χ4v) is 5.13. The van der Waals surface area contributed by atoms with E-state index in [1.165, 1.54) is 0 Å². The molecule has 0 radical (unpaired) electrons. The monoisotopic (exact) mass is 512 g/mol. The lowest BCUT2D eigenvalue weighted by Crippen LogP contribution is -2.47. The van der Waals surface area contributed by atoms with Gasteiger partial charge in [0.15, 0.2) is 0 Å². The lowest BCUT2D eigenvalue weighted by atomic mass is 9.95. The van der Waals surface area contributed by atoms with Crippen LogP contribution in [0.4, 0.5) is 17.1 Å². The molecule has 5 rings (SSSR count). The number of hydrogen-bond acceptors (Lipinski definition) is 5. The number of carbonyl (C=O) groups is 2. The number of anilines is 3. The maximum Gasteiger partial charge on any atom is 0.253 e. The molecule has 2 aliphatic rings. The smallest absolute Gasteiger partial charge is 0.253 e. The van der Waals surface area contributed by atoms with E-state index >= 15 is 0 Å². The molecule has 1 heterocycles. The standard InChI is InChI=1S/C31H36N4O3/c1-3-25(22-9-5-4-6-10-22)30(36)33-24-15-16-27(26(21-24)31(37)32-23-13-14-23)34-17-19-35(20-18-34)28-11-7-8-12-29(28)38-2/h4-12,15-16,21,23,25H,3,13-14,17-20H2,1-2H3,(H,32,37)(H,33,36). The van der Waals surface area contributed by atoms with Gasteiger partial charge >= 0.3 is 0 Å². The molecular formula is C31H36N4O3. The number of methoxy groups -OCH3 is 1. The van der Waals surface area contributed by atoms with Crippen molar-refractivity contribution in [3.05, 3.63) is 83.9 Å². The molecule has 0 spiro atoms. The van der Waals surface area contributed by atoms with Crippen LogP contribution in [0.15, 0.2) is 72.8 Å². The number of carbonyl (C=O) groups excluding carboxylic acids is 2. The molecule has 1 saturated heterocycles. The summed E-state index contributed by atoms with van der Waals surface area (Å²) in [5, 5.41) is 6.20. The molecule has 0 aromatic heterocycles. The number of nitrogens with one attached hydrogen (secondary N) is 2. The van der Waals surface area contributed by atoms with Gasteiger partial charge in [0.05, 0.1) is 24.3 Å². The molecule has 3 aromatic carbocycles. The van der Waals surface area contributed by atoms with E-state index < -0.39 is 0 Å². The van der Waals surface area contributed by atoms with E-state index in [2.05, 4.69) is 26.5 Å². The van der Waals surface area contributed by atoms with E-state index in [1.807, 2.05) is 73.7 Å². The summed E-state index contributed by atoms with van der Waals surface area (Å²) < 4.78 is 5.56. The average Bonchev–Trinajstić information content (AvgIpc) is 3.78. The van der Waals surface area contributed by atoms with Gasteiger partial charge in [-0.1, -0.05) is 49.4 Å². The van der Waals surface area contributed by atoms with E-state index in [9.17, 15) is 9.59 Å². The molecule has 2 N–H and O–H groups in total. The minimum Gasteiger partial charge on any atom is -0.495 e. The molecule has 2 amide bonds. The summed E-state index contributed by atoms with van der Waals surface area (Å²) in [5.41, 5.74) is 4.22. The van der Waals surface area contributed by atoms with Crippen LogP contribution in [0.3, 0.4) is 0 Å². The highest BCUT2D eigenvalue weighted by Crippen LogP contribution is 2.32. The molecule has 1 aliphatic carbocycles. The molecule has 7 heteroatoms. The third-order valence-corrected chi connectivity index (χ3v) is 7.39. The minimum absolute atomic E-state index is 0.0644. The summed E-state index contributed by atoms with van der Waals surface area (Å²) in [6, 6.07) is 23.8. The molecular weight excluding hydrogens is 476 g/mol. The van der Waals surface area contributed by atoms with Crippen molar-refractivity contribution in [2.75, 3.05) is 48.4 Å². The molecule has 1 atom stereocenters. The van der Waals surface area contributed by atoms with Crippen molar-refractivity contribution in [1.82, 2.24) is 5.32 Å². The van der Waals surface area contributed by atoms with Crippen molar-refractivity contribution in [1.29, 1.82) is 0 Å². The number of piperazine rings is 1. The molecule has 2 fully saturated rings. The largest absolute Gasteiger partial charge is 0.495 e. The highest BCUT2D eigenvalue weighted by atomic mass is 16.5. The summed E-state index contributed by atoms with van der Waals surface area (Å²) in [6.45, 7) is 5.20. The maximum atomic E-state index is 13.3. The molecule has 1 saturated carbocycles. The Morgan fingerprint density at radius 1 is 0.895 bits per heavy atom. The molecule has 1 aliphatic heterocycles. The zero-order chi connectivity index (χ0) is 26.5. The van der Waals surface area contributed by atoms with Crippen molar-refractivity contribution in [3.8, 4) is 5.75 Å². The Kier molecular flexibility index (Phi) is 7.82. The van der Waals surface area contributed by atoms with Crippen molar-refractivity contribution in [2.24, 2.45) is 0 Å². The summed E-state index contributed by atoms with van der Waals surface area (Å²) in [7, 11) is 1.70. The van der Waals surface area contributed by atoms with Crippen molar-refractivity contribution in [2.45, 2.75) is 38.1 Å². The van der Waals surface area contributed by atoms with Gasteiger partial charge in [-0.2, -0.15) is 0 Å². The van der Waals surface area contributed by atoms with Gasteiger partial charge in [0, 0.05) is 43.6 Å². The van der Waals surface area contributed by atoms with Crippen LogP contribution in [0, 0.1) is 0 Å². The van der Waals surface area contributed by atoms with Gasteiger partial charge in [-0.25, -0.2) is 0 Å². The first-order valence-electron chi connectivity index (χ1n) is 13.5. The highest BCUT2D eigenvalue weighted by Gasteiger charge is 2.28. The van der Waals surface area contributed by atoms with Gasteiger partial charge < -0.3 is 25.2 Å². The maximum absolute atomic E-state index is 13.3. The number of para-hydroxylation sites is 2. The van der Waals surface area contributed by atoms with E-state index in [-0.39, 0.29) is 23.8 Å². The Morgan fingerprint density at radius 3 is 2.21 bits per heavy atom. The fourth-order valence-electron chi connectivity index (χ4n) is 5.13. The third kappa shape index (κ3) is 5.77. The van der Waals surface area contributed by atoms with Crippen LogP contribution in [0.1, 0.15) is 48.0 Å². The number of benzene rings is 3. The van der Waals surface area contributed by atoms with Crippen molar-refractivity contribution < 1.29 is 14.3 Å². The molecule has 0 bridgehead atoms. The van der Waals surface area contributed by atoms with Gasteiger partial charge in [0.2, 0.25) is 5.91 Å². The van der Waals surface area contributed by atoms with E-state index in [1.54, 1.807) is 7.11 Å². The number of hydrogen-bond donors (Lipinski definition) is 2. The third-order valence-electron chi connectivity index (χ3n) is 7.39. The number of rotatable bonds is 9. The van der Waals surface area contributed by atoms with E-state index in [0.29, 0.717) is 17.7 Å². The number of nitrogens with zero attached hydrogens (tertiary/aromatic N) is 2.